The second-order valence-corrected chi connectivity index (χ2v) is 4.71. The van der Waals surface area contributed by atoms with Crippen LogP contribution in [0.2, 0.25) is 0 Å². The van der Waals surface area contributed by atoms with Crippen LogP contribution < -0.4 is 0 Å². The zero-order valence-corrected chi connectivity index (χ0v) is 11.5. The molecule has 0 aromatic heterocycles. The van der Waals surface area contributed by atoms with E-state index in [2.05, 4.69) is 13.8 Å². The molecule has 0 saturated heterocycles. The van der Waals surface area contributed by atoms with Crippen LogP contribution in [0.4, 0.5) is 13.2 Å². The van der Waals surface area contributed by atoms with E-state index < -0.39 is 11.7 Å². The molecule has 0 spiro atoms. The third-order valence-electron chi connectivity index (χ3n) is 2.99. The molecule has 1 aromatic carbocycles. The molecule has 108 valence electrons. The molecule has 19 heavy (non-hydrogen) atoms. The van der Waals surface area contributed by atoms with Crippen molar-refractivity contribution in [3.05, 3.63) is 35.4 Å². The minimum atomic E-state index is -4.27. The number of ether oxygens (including phenoxy) is 1. The van der Waals surface area contributed by atoms with E-state index in [0.717, 1.165) is 43.4 Å². The Hall–Kier alpha value is -1.03. The van der Waals surface area contributed by atoms with Gasteiger partial charge in [0, 0.05) is 0 Å². The molecule has 0 aliphatic carbocycles. The predicted molar refractivity (Wildman–Crippen MR) is 69.8 cm³/mol. The maximum Gasteiger partial charge on any atom is 0.416 e. The van der Waals surface area contributed by atoms with Gasteiger partial charge in [-0.3, -0.25) is 0 Å². The van der Waals surface area contributed by atoms with Crippen molar-refractivity contribution in [2.45, 2.75) is 58.4 Å². The molecule has 0 N–H and O–H groups in total. The SMILES string of the molecule is CCCC(CCC)OCc1ccc(C(F)(F)F)cc1. The highest BCUT2D eigenvalue weighted by molar-refractivity contribution is 5.24. The molecule has 4 heteroatoms. The molecule has 0 atom stereocenters. The maximum absolute atomic E-state index is 12.4. The number of halogens is 3. The van der Waals surface area contributed by atoms with Gasteiger partial charge in [-0.25, -0.2) is 0 Å². The summed E-state index contributed by atoms with van der Waals surface area (Å²) in [7, 11) is 0. The second kappa shape index (κ2) is 7.53. The lowest BCUT2D eigenvalue weighted by atomic mass is 10.1. The standard InChI is InChI=1S/C15H21F3O/c1-3-5-14(6-4-2)19-11-12-7-9-13(10-8-12)15(16,17)18/h7-10,14H,3-6,11H2,1-2H3. The van der Waals surface area contributed by atoms with E-state index >= 15 is 0 Å². The molecule has 1 nitrogen and oxygen atoms in total. The van der Waals surface area contributed by atoms with Crippen LogP contribution in [0, 0.1) is 0 Å². The fraction of sp³-hybridized carbons (Fsp3) is 0.600. The van der Waals surface area contributed by atoms with Gasteiger partial charge in [-0.15, -0.1) is 0 Å². The third kappa shape index (κ3) is 5.64. The summed E-state index contributed by atoms with van der Waals surface area (Å²) in [6.07, 6.45) is 0.0299. The first-order valence-electron chi connectivity index (χ1n) is 6.75. The van der Waals surface area contributed by atoms with Crippen molar-refractivity contribution in [2.75, 3.05) is 0 Å². The van der Waals surface area contributed by atoms with Crippen molar-refractivity contribution < 1.29 is 17.9 Å². The Morgan fingerprint density at radius 2 is 1.53 bits per heavy atom. The number of hydrogen-bond donors (Lipinski definition) is 0. The van der Waals surface area contributed by atoms with E-state index in [1.807, 2.05) is 0 Å². The van der Waals surface area contributed by atoms with Crippen molar-refractivity contribution in [2.24, 2.45) is 0 Å². The first-order valence-corrected chi connectivity index (χ1v) is 6.75. The van der Waals surface area contributed by atoms with Gasteiger partial charge in [0.2, 0.25) is 0 Å². The van der Waals surface area contributed by atoms with Gasteiger partial charge in [-0.2, -0.15) is 13.2 Å². The molecule has 0 fully saturated rings. The number of benzene rings is 1. The normalized spacial score (nSPS) is 12.1. The van der Waals surface area contributed by atoms with Crippen LogP contribution in [-0.2, 0) is 17.5 Å². The molecule has 0 amide bonds. The van der Waals surface area contributed by atoms with E-state index in [0.29, 0.717) is 6.61 Å². The van der Waals surface area contributed by atoms with Crippen LogP contribution in [0.15, 0.2) is 24.3 Å². The largest absolute Gasteiger partial charge is 0.416 e. The average molecular weight is 274 g/mol. The molecule has 1 aromatic rings. The summed E-state index contributed by atoms with van der Waals surface area (Å²) in [4.78, 5) is 0. The van der Waals surface area contributed by atoms with E-state index in [9.17, 15) is 13.2 Å². The van der Waals surface area contributed by atoms with Crippen LogP contribution in [0.25, 0.3) is 0 Å². The molecule has 0 unspecified atom stereocenters. The van der Waals surface area contributed by atoms with Crippen LogP contribution in [0.3, 0.4) is 0 Å². The minimum Gasteiger partial charge on any atom is -0.374 e. The van der Waals surface area contributed by atoms with E-state index in [4.69, 9.17) is 4.74 Å². The summed E-state index contributed by atoms with van der Waals surface area (Å²) in [5.74, 6) is 0. The molecule has 1 rings (SSSR count). The first-order chi connectivity index (χ1) is 8.97. The van der Waals surface area contributed by atoms with Gasteiger partial charge in [-0.1, -0.05) is 38.8 Å². The Morgan fingerprint density at radius 1 is 1.00 bits per heavy atom. The number of alkyl halides is 3. The highest BCUT2D eigenvalue weighted by Gasteiger charge is 2.29. The lowest BCUT2D eigenvalue weighted by Gasteiger charge is -2.16. The number of rotatable bonds is 7. The van der Waals surface area contributed by atoms with Gasteiger partial charge in [0.25, 0.3) is 0 Å². The van der Waals surface area contributed by atoms with Crippen molar-refractivity contribution in [1.82, 2.24) is 0 Å². The summed E-state index contributed by atoms with van der Waals surface area (Å²) in [6.45, 7) is 4.58. The summed E-state index contributed by atoms with van der Waals surface area (Å²) in [6, 6.07) is 5.18. The summed E-state index contributed by atoms with van der Waals surface area (Å²) >= 11 is 0. The Labute approximate surface area is 112 Å². The lowest BCUT2D eigenvalue weighted by Crippen LogP contribution is -2.12. The fourth-order valence-corrected chi connectivity index (χ4v) is 1.96. The van der Waals surface area contributed by atoms with Crippen LogP contribution in [0.1, 0.15) is 50.7 Å². The highest BCUT2D eigenvalue weighted by atomic mass is 19.4. The molecule has 0 aliphatic rings. The van der Waals surface area contributed by atoms with Crippen LogP contribution in [-0.4, -0.2) is 6.10 Å². The summed E-state index contributed by atoms with van der Waals surface area (Å²) in [5, 5.41) is 0. The first kappa shape index (κ1) is 16.0. The Kier molecular flexibility index (Phi) is 6.35. The van der Waals surface area contributed by atoms with Gasteiger partial charge in [0.15, 0.2) is 0 Å². The molecule has 0 heterocycles. The van der Waals surface area contributed by atoms with Crippen LogP contribution >= 0.6 is 0 Å². The predicted octanol–water partition coefficient (Wildman–Crippen LogP) is 5.19. The number of hydrogen-bond acceptors (Lipinski definition) is 1. The minimum absolute atomic E-state index is 0.206. The topological polar surface area (TPSA) is 9.23 Å². The molecule has 0 radical (unpaired) electrons. The Morgan fingerprint density at radius 3 is 1.95 bits per heavy atom. The molecular formula is C15H21F3O. The molecule has 0 aliphatic heterocycles. The zero-order chi connectivity index (χ0) is 14.3. The smallest absolute Gasteiger partial charge is 0.374 e. The summed E-state index contributed by atoms with van der Waals surface area (Å²) < 4.78 is 43.0. The molecular weight excluding hydrogens is 253 g/mol. The zero-order valence-electron chi connectivity index (χ0n) is 11.5. The van der Waals surface area contributed by atoms with E-state index in [1.165, 1.54) is 12.1 Å². The van der Waals surface area contributed by atoms with Gasteiger partial charge in [0.1, 0.15) is 0 Å². The van der Waals surface area contributed by atoms with Crippen molar-refractivity contribution in [3.63, 3.8) is 0 Å². The van der Waals surface area contributed by atoms with E-state index in [-0.39, 0.29) is 6.10 Å². The lowest BCUT2D eigenvalue weighted by molar-refractivity contribution is -0.137. The van der Waals surface area contributed by atoms with Gasteiger partial charge in [-0.05, 0) is 30.5 Å². The van der Waals surface area contributed by atoms with Crippen molar-refractivity contribution in [1.29, 1.82) is 0 Å². The maximum atomic E-state index is 12.4. The van der Waals surface area contributed by atoms with E-state index in [1.54, 1.807) is 0 Å². The molecule has 0 saturated carbocycles. The Bertz CT molecular complexity index is 351. The molecule has 0 bridgehead atoms. The monoisotopic (exact) mass is 274 g/mol. The highest BCUT2D eigenvalue weighted by Crippen LogP contribution is 2.29. The Balaban J connectivity index is 2.53. The van der Waals surface area contributed by atoms with Crippen LogP contribution in [0.5, 0.6) is 0 Å². The third-order valence-corrected chi connectivity index (χ3v) is 2.99. The van der Waals surface area contributed by atoms with Crippen molar-refractivity contribution in [3.8, 4) is 0 Å². The quantitative estimate of drug-likeness (QED) is 0.664. The van der Waals surface area contributed by atoms with Gasteiger partial charge in [0.05, 0.1) is 18.3 Å². The second-order valence-electron chi connectivity index (χ2n) is 4.71. The fourth-order valence-electron chi connectivity index (χ4n) is 1.96. The van der Waals surface area contributed by atoms with Gasteiger partial charge >= 0.3 is 6.18 Å². The van der Waals surface area contributed by atoms with Gasteiger partial charge < -0.3 is 4.74 Å². The average Bonchev–Trinajstić information content (AvgIpc) is 2.36. The summed E-state index contributed by atoms with van der Waals surface area (Å²) in [5.41, 5.74) is 0.167. The van der Waals surface area contributed by atoms with Crippen molar-refractivity contribution >= 4 is 0 Å².